The van der Waals surface area contributed by atoms with Gasteiger partial charge in [-0.3, -0.25) is 0 Å². The molecule has 1 aromatic rings. The van der Waals surface area contributed by atoms with E-state index in [9.17, 15) is 13.2 Å². The molecule has 0 spiro atoms. The maximum Gasteiger partial charge on any atom is 0.335 e. The zero-order valence-electron chi connectivity index (χ0n) is 10.7. The van der Waals surface area contributed by atoms with Gasteiger partial charge >= 0.3 is 5.97 Å². The van der Waals surface area contributed by atoms with Crippen LogP contribution in [0.25, 0.3) is 0 Å². The van der Waals surface area contributed by atoms with E-state index < -0.39 is 22.0 Å². The number of aliphatic hydroxyl groups excluding tert-OH is 1. The molecule has 0 heterocycles. The number of hydrogen-bond donors (Lipinski definition) is 3. The molecule has 106 valence electrons. The number of benzene rings is 1. The number of sulfonamides is 1. The highest BCUT2D eigenvalue weighted by atomic mass is 32.2. The second-order valence-electron chi connectivity index (χ2n) is 4.49. The second-order valence-corrected chi connectivity index (χ2v) is 6.20. The van der Waals surface area contributed by atoms with Gasteiger partial charge in [-0.2, -0.15) is 0 Å². The zero-order valence-corrected chi connectivity index (χ0v) is 11.5. The molecular formula is C12H17NO5S. The number of aromatic carboxylic acids is 1. The van der Waals surface area contributed by atoms with Crippen molar-refractivity contribution in [2.45, 2.75) is 24.8 Å². The second kappa shape index (κ2) is 6.14. The quantitative estimate of drug-likeness (QED) is 0.714. The Hall–Kier alpha value is -1.44. The summed E-state index contributed by atoms with van der Waals surface area (Å²) in [4.78, 5) is 10.7. The normalized spacial score (nSPS) is 13.5. The Morgan fingerprint density at radius 1 is 1.37 bits per heavy atom. The lowest BCUT2D eigenvalue weighted by molar-refractivity contribution is 0.0696. The molecule has 0 radical (unpaired) electrons. The molecule has 0 saturated heterocycles. The summed E-state index contributed by atoms with van der Waals surface area (Å²) in [5, 5.41) is 18.0. The van der Waals surface area contributed by atoms with Gasteiger partial charge in [-0.25, -0.2) is 17.9 Å². The van der Waals surface area contributed by atoms with Crippen LogP contribution in [-0.4, -0.2) is 37.2 Å². The summed E-state index contributed by atoms with van der Waals surface area (Å²) in [5.41, 5.74) is -0.104. The van der Waals surface area contributed by atoms with Crippen molar-refractivity contribution in [3.63, 3.8) is 0 Å². The van der Waals surface area contributed by atoms with E-state index in [1.807, 2.05) is 0 Å². The molecular weight excluding hydrogens is 270 g/mol. The molecule has 19 heavy (non-hydrogen) atoms. The van der Waals surface area contributed by atoms with E-state index in [2.05, 4.69) is 4.72 Å². The zero-order chi connectivity index (χ0) is 14.6. The van der Waals surface area contributed by atoms with E-state index in [-0.39, 0.29) is 23.0 Å². The van der Waals surface area contributed by atoms with Crippen molar-refractivity contribution in [1.82, 2.24) is 4.72 Å². The third-order valence-electron chi connectivity index (χ3n) is 2.70. The first-order valence-electron chi connectivity index (χ1n) is 5.74. The summed E-state index contributed by atoms with van der Waals surface area (Å²) in [6, 6.07) is 4.45. The molecule has 0 aromatic heterocycles. The molecule has 7 heteroatoms. The maximum absolute atomic E-state index is 12.1. The highest BCUT2D eigenvalue weighted by Gasteiger charge is 2.22. The van der Waals surface area contributed by atoms with Gasteiger partial charge in [0.05, 0.1) is 17.1 Å². The number of rotatable bonds is 6. The molecule has 0 bridgehead atoms. The van der Waals surface area contributed by atoms with Gasteiger partial charge in [-0.1, -0.05) is 19.9 Å². The molecule has 1 atom stereocenters. The molecule has 0 aliphatic carbocycles. The number of aliphatic hydroxyl groups is 1. The molecule has 3 N–H and O–H groups in total. The van der Waals surface area contributed by atoms with Crippen LogP contribution in [0.5, 0.6) is 0 Å². The molecule has 1 aromatic carbocycles. The van der Waals surface area contributed by atoms with Gasteiger partial charge < -0.3 is 10.2 Å². The number of carboxylic acid groups (broad SMARTS) is 1. The lowest BCUT2D eigenvalue weighted by Crippen LogP contribution is -2.41. The van der Waals surface area contributed by atoms with Gasteiger partial charge in [0.25, 0.3) is 0 Å². The van der Waals surface area contributed by atoms with Gasteiger partial charge in [-0.15, -0.1) is 0 Å². The van der Waals surface area contributed by atoms with Crippen molar-refractivity contribution in [2.24, 2.45) is 5.92 Å². The minimum absolute atomic E-state index is 0.0811. The van der Waals surface area contributed by atoms with Crippen LogP contribution in [0, 0.1) is 5.92 Å². The van der Waals surface area contributed by atoms with Gasteiger partial charge in [0, 0.05) is 6.04 Å². The lowest BCUT2D eigenvalue weighted by Gasteiger charge is -2.19. The van der Waals surface area contributed by atoms with Gasteiger partial charge in [-0.05, 0) is 24.1 Å². The summed E-state index contributed by atoms with van der Waals surface area (Å²) in [6.07, 6.45) is 0. The molecule has 0 aliphatic heterocycles. The number of nitrogens with one attached hydrogen (secondary N) is 1. The lowest BCUT2D eigenvalue weighted by atomic mass is 10.1. The molecule has 1 rings (SSSR count). The minimum Gasteiger partial charge on any atom is -0.478 e. The fraction of sp³-hybridized carbons (Fsp3) is 0.417. The van der Waals surface area contributed by atoms with E-state index in [1.165, 1.54) is 18.2 Å². The Morgan fingerprint density at radius 3 is 2.47 bits per heavy atom. The standard InChI is InChI=1S/C12H17NO5S/c1-8(2)11(7-14)13-19(17,18)10-5-3-4-9(6-10)12(15)16/h3-6,8,11,13-14H,7H2,1-2H3,(H,15,16)/t11-/m1/s1. The summed E-state index contributed by atoms with van der Waals surface area (Å²) < 4.78 is 26.5. The largest absolute Gasteiger partial charge is 0.478 e. The third-order valence-corrected chi connectivity index (χ3v) is 4.19. The van der Waals surface area contributed by atoms with Crippen LogP contribution < -0.4 is 4.72 Å². The molecule has 0 fully saturated rings. The van der Waals surface area contributed by atoms with E-state index >= 15 is 0 Å². The van der Waals surface area contributed by atoms with Crippen molar-refractivity contribution in [2.75, 3.05) is 6.61 Å². The smallest absolute Gasteiger partial charge is 0.335 e. The fourth-order valence-electron chi connectivity index (χ4n) is 1.45. The van der Waals surface area contributed by atoms with Crippen molar-refractivity contribution < 1.29 is 23.4 Å². The minimum atomic E-state index is -3.85. The summed E-state index contributed by atoms with van der Waals surface area (Å²) in [5.74, 6) is -1.28. The number of hydrogen-bond acceptors (Lipinski definition) is 4. The Balaban J connectivity index is 3.06. The van der Waals surface area contributed by atoms with Gasteiger partial charge in [0.2, 0.25) is 10.0 Å². The summed E-state index contributed by atoms with van der Waals surface area (Å²) in [6.45, 7) is 3.23. The summed E-state index contributed by atoms with van der Waals surface area (Å²) >= 11 is 0. The Morgan fingerprint density at radius 2 is 2.00 bits per heavy atom. The average Bonchev–Trinajstić information content (AvgIpc) is 2.35. The SMILES string of the molecule is CC(C)[C@@H](CO)NS(=O)(=O)c1cccc(C(=O)O)c1. The monoisotopic (exact) mass is 287 g/mol. The fourth-order valence-corrected chi connectivity index (χ4v) is 2.87. The van der Waals surface area contributed by atoms with Gasteiger partial charge in [0.15, 0.2) is 0 Å². The van der Waals surface area contributed by atoms with Crippen molar-refractivity contribution in [1.29, 1.82) is 0 Å². The highest BCUT2D eigenvalue weighted by Crippen LogP contribution is 2.13. The number of carboxylic acids is 1. The first-order chi connectivity index (χ1) is 8.77. The molecule has 0 unspecified atom stereocenters. The first kappa shape index (κ1) is 15.6. The topological polar surface area (TPSA) is 104 Å². The van der Waals surface area contributed by atoms with Crippen molar-refractivity contribution in [3.8, 4) is 0 Å². The first-order valence-corrected chi connectivity index (χ1v) is 7.23. The predicted molar refractivity (Wildman–Crippen MR) is 69.4 cm³/mol. The van der Waals surface area contributed by atoms with Crippen LogP contribution >= 0.6 is 0 Å². The average molecular weight is 287 g/mol. The van der Waals surface area contributed by atoms with E-state index in [0.29, 0.717) is 0 Å². The van der Waals surface area contributed by atoms with Crippen LogP contribution in [0.2, 0.25) is 0 Å². The maximum atomic E-state index is 12.1. The van der Waals surface area contributed by atoms with Crippen LogP contribution in [0.1, 0.15) is 24.2 Å². The Labute approximate surface area is 112 Å². The Kier molecular flexibility index (Phi) is 5.04. The predicted octanol–water partition coefficient (Wildman–Crippen LogP) is 0.680. The van der Waals surface area contributed by atoms with Crippen LogP contribution in [0.3, 0.4) is 0 Å². The van der Waals surface area contributed by atoms with Crippen LogP contribution in [0.15, 0.2) is 29.2 Å². The van der Waals surface area contributed by atoms with Crippen LogP contribution in [0.4, 0.5) is 0 Å². The molecule has 0 amide bonds. The molecule has 6 nitrogen and oxygen atoms in total. The van der Waals surface area contributed by atoms with Crippen molar-refractivity contribution >= 4 is 16.0 Å². The van der Waals surface area contributed by atoms with Crippen molar-refractivity contribution in [3.05, 3.63) is 29.8 Å². The molecule has 0 saturated carbocycles. The van der Waals surface area contributed by atoms with E-state index in [4.69, 9.17) is 10.2 Å². The number of carbonyl (C=O) groups is 1. The van der Waals surface area contributed by atoms with E-state index in [0.717, 1.165) is 6.07 Å². The Bertz CT molecular complexity index is 553. The third kappa shape index (κ3) is 4.02. The summed E-state index contributed by atoms with van der Waals surface area (Å²) in [7, 11) is -3.85. The van der Waals surface area contributed by atoms with E-state index in [1.54, 1.807) is 13.8 Å². The highest BCUT2D eigenvalue weighted by molar-refractivity contribution is 7.89. The van der Waals surface area contributed by atoms with Crippen LogP contribution in [-0.2, 0) is 10.0 Å². The van der Waals surface area contributed by atoms with Gasteiger partial charge in [0.1, 0.15) is 0 Å². The molecule has 0 aliphatic rings.